The molecule has 0 bridgehead atoms. The first-order valence-corrected chi connectivity index (χ1v) is 5.76. The molecule has 0 aliphatic carbocycles. The Bertz CT molecular complexity index is 698. The smallest absolute Gasteiger partial charge is 0.282 e. The lowest BCUT2D eigenvalue weighted by atomic mass is 10.1. The fourth-order valence-electron chi connectivity index (χ4n) is 2.11. The summed E-state index contributed by atoms with van der Waals surface area (Å²) in [6.07, 6.45) is -4.72. The maximum absolute atomic E-state index is 11.6. The van der Waals surface area contributed by atoms with Crippen LogP contribution in [0.15, 0.2) is 4.79 Å². The zero-order valence-electron chi connectivity index (χ0n) is 10.0. The number of nitrogens with two attached hydrogens (primary N) is 1. The van der Waals surface area contributed by atoms with Crippen LogP contribution in [0.2, 0.25) is 0 Å². The fourth-order valence-corrected chi connectivity index (χ4v) is 2.11. The first-order valence-electron chi connectivity index (χ1n) is 5.76. The van der Waals surface area contributed by atoms with Crippen LogP contribution in [0.4, 0.5) is 5.95 Å². The zero-order chi connectivity index (χ0) is 14.4. The molecule has 108 valence electrons. The molecule has 4 atom stereocenters. The predicted molar refractivity (Wildman–Crippen MR) is 63.4 cm³/mol. The van der Waals surface area contributed by atoms with Gasteiger partial charge in [-0.3, -0.25) is 9.78 Å². The second-order valence-electron chi connectivity index (χ2n) is 4.39. The maximum atomic E-state index is 11.6. The van der Waals surface area contributed by atoms with Crippen LogP contribution in [0, 0.1) is 0 Å². The number of H-pyrrole nitrogens is 1. The van der Waals surface area contributed by atoms with Crippen molar-refractivity contribution in [3.8, 4) is 0 Å². The Morgan fingerprint density at radius 1 is 1.40 bits per heavy atom. The van der Waals surface area contributed by atoms with Crippen LogP contribution in [-0.4, -0.2) is 65.2 Å². The van der Waals surface area contributed by atoms with Crippen LogP contribution in [0.25, 0.3) is 11.2 Å². The van der Waals surface area contributed by atoms with E-state index in [1.807, 2.05) is 0 Å². The SMILES string of the molecule is Nc1nc2c(nnn2[C@@H]2O[C@@H](CO)[C@H](O)[C@@H]2O)c(=O)[nH]1. The maximum Gasteiger partial charge on any atom is 0.282 e. The monoisotopic (exact) mass is 284 g/mol. The summed E-state index contributed by atoms with van der Waals surface area (Å²) in [6, 6.07) is 0. The van der Waals surface area contributed by atoms with Gasteiger partial charge in [-0.05, 0) is 0 Å². The van der Waals surface area contributed by atoms with Gasteiger partial charge in [0.25, 0.3) is 5.56 Å². The van der Waals surface area contributed by atoms with Gasteiger partial charge >= 0.3 is 0 Å². The second kappa shape index (κ2) is 4.49. The number of aliphatic hydroxyl groups is 3. The summed E-state index contributed by atoms with van der Waals surface area (Å²) >= 11 is 0. The number of nitrogen functional groups attached to an aromatic ring is 1. The highest BCUT2D eigenvalue weighted by atomic mass is 16.6. The molecular formula is C9H12N6O5. The normalized spacial score (nSPS) is 30.1. The van der Waals surface area contributed by atoms with Gasteiger partial charge in [-0.2, -0.15) is 9.67 Å². The number of aliphatic hydroxyl groups excluding tert-OH is 3. The largest absolute Gasteiger partial charge is 0.394 e. The minimum Gasteiger partial charge on any atom is -0.394 e. The van der Waals surface area contributed by atoms with E-state index in [-0.39, 0.29) is 17.1 Å². The molecular weight excluding hydrogens is 272 g/mol. The Hall–Kier alpha value is -2.08. The minimum atomic E-state index is -1.35. The number of rotatable bonds is 2. The summed E-state index contributed by atoms with van der Waals surface area (Å²) in [4.78, 5) is 17.7. The van der Waals surface area contributed by atoms with E-state index in [1.165, 1.54) is 0 Å². The molecule has 0 saturated carbocycles. The average molecular weight is 284 g/mol. The van der Waals surface area contributed by atoms with E-state index in [0.717, 1.165) is 4.68 Å². The molecule has 1 saturated heterocycles. The van der Waals surface area contributed by atoms with Crippen LogP contribution in [0.1, 0.15) is 6.23 Å². The highest BCUT2D eigenvalue weighted by Crippen LogP contribution is 2.29. The average Bonchev–Trinajstić information content (AvgIpc) is 2.93. The van der Waals surface area contributed by atoms with Crippen molar-refractivity contribution in [2.45, 2.75) is 24.5 Å². The van der Waals surface area contributed by atoms with Gasteiger partial charge in [-0.1, -0.05) is 5.21 Å². The number of anilines is 1. The number of aromatic amines is 1. The van der Waals surface area contributed by atoms with Crippen molar-refractivity contribution in [3.63, 3.8) is 0 Å². The van der Waals surface area contributed by atoms with Crippen molar-refractivity contribution < 1.29 is 20.1 Å². The van der Waals surface area contributed by atoms with E-state index in [1.54, 1.807) is 0 Å². The molecule has 11 nitrogen and oxygen atoms in total. The van der Waals surface area contributed by atoms with Crippen molar-refractivity contribution in [2.75, 3.05) is 12.3 Å². The highest BCUT2D eigenvalue weighted by Gasteiger charge is 2.44. The molecule has 11 heteroatoms. The molecule has 1 fully saturated rings. The number of hydrogen-bond donors (Lipinski definition) is 5. The molecule has 0 aromatic carbocycles. The predicted octanol–water partition coefficient (Wildman–Crippen LogP) is -3.29. The van der Waals surface area contributed by atoms with Crippen LogP contribution >= 0.6 is 0 Å². The van der Waals surface area contributed by atoms with Gasteiger partial charge in [0.05, 0.1) is 6.61 Å². The quantitative estimate of drug-likeness (QED) is 0.378. The van der Waals surface area contributed by atoms with E-state index < -0.39 is 36.7 Å². The number of nitrogens with zero attached hydrogens (tertiary/aromatic N) is 4. The van der Waals surface area contributed by atoms with Gasteiger partial charge in [0.15, 0.2) is 17.4 Å². The fraction of sp³-hybridized carbons (Fsp3) is 0.556. The molecule has 6 N–H and O–H groups in total. The first-order chi connectivity index (χ1) is 9.52. The van der Waals surface area contributed by atoms with Crippen LogP contribution in [0.5, 0.6) is 0 Å². The summed E-state index contributed by atoms with van der Waals surface area (Å²) in [5.74, 6) is -0.141. The van der Waals surface area contributed by atoms with Gasteiger partial charge in [0, 0.05) is 0 Å². The van der Waals surface area contributed by atoms with Gasteiger partial charge in [0.1, 0.15) is 18.3 Å². The molecule has 3 rings (SSSR count). The third-order valence-corrected chi connectivity index (χ3v) is 3.11. The van der Waals surface area contributed by atoms with Crippen molar-refractivity contribution >= 4 is 17.1 Å². The molecule has 1 aliphatic rings. The molecule has 0 radical (unpaired) electrons. The first kappa shape index (κ1) is 12.9. The third kappa shape index (κ3) is 1.76. The van der Waals surface area contributed by atoms with Gasteiger partial charge in [0.2, 0.25) is 5.95 Å². The summed E-state index contributed by atoms with van der Waals surface area (Å²) in [6.45, 7) is -0.475. The lowest BCUT2D eigenvalue weighted by Gasteiger charge is -2.14. The molecule has 2 aromatic rings. The Morgan fingerprint density at radius 3 is 2.80 bits per heavy atom. The number of nitrogens with one attached hydrogen (secondary N) is 1. The van der Waals surface area contributed by atoms with E-state index >= 15 is 0 Å². The molecule has 0 unspecified atom stereocenters. The van der Waals surface area contributed by atoms with Crippen molar-refractivity contribution in [2.24, 2.45) is 0 Å². The van der Waals surface area contributed by atoms with Crippen LogP contribution < -0.4 is 11.3 Å². The second-order valence-corrected chi connectivity index (χ2v) is 4.39. The Balaban J connectivity index is 2.09. The standard InChI is InChI=1S/C9H12N6O5/c10-9-11-6-3(7(19)12-9)13-14-15(6)8-5(18)4(17)2(1-16)20-8/h2,4-5,8,16-18H,1H2,(H3,10,11,12,19)/t2-,4-,5-,8+/m0/s1. The molecule has 0 spiro atoms. The Kier molecular flexibility index (Phi) is 2.90. The van der Waals surface area contributed by atoms with Crippen molar-refractivity contribution in [1.82, 2.24) is 25.0 Å². The molecule has 1 aliphatic heterocycles. The van der Waals surface area contributed by atoms with Crippen LogP contribution in [-0.2, 0) is 4.74 Å². The van der Waals surface area contributed by atoms with Crippen molar-refractivity contribution in [1.29, 1.82) is 0 Å². The summed E-state index contributed by atoms with van der Waals surface area (Å²) < 4.78 is 6.33. The van der Waals surface area contributed by atoms with Gasteiger partial charge < -0.3 is 25.8 Å². The molecule has 0 amide bonds. The van der Waals surface area contributed by atoms with E-state index in [2.05, 4.69) is 20.3 Å². The molecule has 20 heavy (non-hydrogen) atoms. The number of fused-ring (bicyclic) bond motifs is 1. The lowest BCUT2D eigenvalue weighted by molar-refractivity contribution is -0.0574. The third-order valence-electron chi connectivity index (χ3n) is 3.11. The van der Waals surface area contributed by atoms with E-state index in [0.29, 0.717) is 0 Å². The molecule has 2 aromatic heterocycles. The van der Waals surface area contributed by atoms with Crippen molar-refractivity contribution in [3.05, 3.63) is 10.4 Å². The van der Waals surface area contributed by atoms with E-state index in [4.69, 9.17) is 15.6 Å². The lowest BCUT2D eigenvalue weighted by Crippen LogP contribution is -2.33. The topological polar surface area (TPSA) is 172 Å². The number of ether oxygens (including phenoxy) is 1. The van der Waals surface area contributed by atoms with Crippen LogP contribution in [0.3, 0.4) is 0 Å². The van der Waals surface area contributed by atoms with Gasteiger partial charge in [-0.15, -0.1) is 5.10 Å². The van der Waals surface area contributed by atoms with Gasteiger partial charge in [-0.25, -0.2) is 0 Å². The molecule has 3 heterocycles. The Labute approximate surface area is 110 Å². The summed E-state index contributed by atoms with van der Waals surface area (Å²) in [5, 5.41) is 36.0. The summed E-state index contributed by atoms with van der Waals surface area (Å²) in [7, 11) is 0. The number of aromatic nitrogens is 5. The zero-order valence-corrected chi connectivity index (χ0v) is 10.0. The van der Waals surface area contributed by atoms with E-state index in [9.17, 15) is 15.0 Å². The summed E-state index contributed by atoms with van der Waals surface area (Å²) in [5.41, 5.74) is 4.80. The Morgan fingerprint density at radius 2 is 2.15 bits per heavy atom. The highest BCUT2D eigenvalue weighted by molar-refractivity contribution is 5.69. The minimum absolute atomic E-state index is 0.0149. The number of hydrogen-bond acceptors (Lipinski definition) is 9.